The number of sulfonamides is 1. The van der Waals surface area contributed by atoms with E-state index in [1.54, 1.807) is 6.07 Å². The van der Waals surface area contributed by atoms with E-state index in [0.717, 1.165) is 0 Å². The molecule has 0 saturated carbocycles. The minimum Gasteiger partial charge on any atom is -0.465 e. The molecule has 0 spiro atoms. The van der Waals surface area contributed by atoms with Crippen LogP contribution in [0, 0.1) is 5.92 Å². The summed E-state index contributed by atoms with van der Waals surface area (Å²) in [6.45, 7) is 0.239. The number of esters is 1. The Morgan fingerprint density at radius 2 is 2.18 bits per heavy atom. The van der Waals surface area contributed by atoms with Crippen molar-refractivity contribution in [1.29, 1.82) is 0 Å². The van der Waals surface area contributed by atoms with Crippen molar-refractivity contribution in [3.63, 3.8) is 0 Å². The van der Waals surface area contributed by atoms with E-state index >= 15 is 0 Å². The van der Waals surface area contributed by atoms with Gasteiger partial charge in [0, 0.05) is 24.6 Å². The molecule has 1 aromatic carbocycles. The van der Waals surface area contributed by atoms with Crippen LogP contribution < -0.4 is 10.0 Å². The van der Waals surface area contributed by atoms with Crippen LogP contribution in [0.5, 0.6) is 0 Å². The maximum atomic E-state index is 12.0. The van der Waals surface area contributed by atoms with E-state index < -0.39 is 16.0 Å². The SMILES string of the molecule is COC(=O)c1ccc(N2CC(CS(N)(=O)=O)CC2=O)cc1Cl. The first kappa shape index (κ1) is 16.7. The number of benzene rings is 1. The van der Waals surface area contributed by atoms with Crippen LogP contribution in [0.1, 0.15) is 16.8 Å². The molecule has 0 bridgehead atoms. The summed E-state index contributed by atoms with van der Waals surface area (Å²) in [5.41, 5.74) is 0.695. The number of amides is 1. The van der Waals surface area contributed by atoms with Gasteiger partial charge in [-0.25, -0.2) is 18.4 Å². The Kier molecular flexibility index (Phi) is 4.74. The summed E-state index contributed by atoms with van der Waals surface area (Å²) in [6, 6.07) is 4.50. The molecule has 7 nitrogen and oxygen atoms in total. The van der Waals surface area contributed by atoms with Crippen LogP contribution in [0.25, 0.3) is 0 Å². The molecule has 1 fully saturated rings. The van der Waals surface area contributed by atoms with Gasteiger partial charge in [-0.2, -0.15) is 0 Å². The van der Waals surface area contributed by atoms with Crippen molar-refractivity contribution < 1.29 is 22.7 Å². The summed E-state index contributed by atoms with van der Waals surface area (Å²) >= 11 is 6.02. The lowest BCUT2D eigenvalue weighted by Crippen LogP contribution is -2.27. The number of ether oxygens (including phenoxy) is 1. The number of rotatable bonds is 4. The van der Waals surface area contributed by atoms with Crippen molar-refractivity contribution in [2.24, 2.45) is 11.1 Å². The molecule has 1 aliphatic heterocycles. The number of carbonyl (C=O) groups excluding carboxylic acids is 2. The molecule has 1 amide bonds. The van der Waals surface area contributed by atoms with E-state index in [1.165, 1.54) is 24.1 Å². The summed E-state index contributed by atoms with van der Waals surface area (Å²) in [6.07, 6.45) is 0.104. The number of nitrogens with zero attached hydrogens (tertiary/aromatic N) is 1. The van der Waals surface area contributed by atoms with Crippen LogP contribution in [0.4, 0.5) is 5.69 Å². The zero-order valence-electron chi connectivity index (χ0n) is 11.8. The summed E-state index contributed by atoms with van der Waals surface area (Å²) in [5.74, 6) is -1.39. The van der Waals surface area contributed by atoms with Gasteiger partial charge in [0.15, 0.2) is 0 Å². The Bertz CT molecular complexity index is 719. The standard InChI is InChI=1S/C13H15ClN2O5S/c1-21-13(18)10-3-2-9(5-11(10)14)16-6-8(4-12(16)17)7-22(15,19)20/h2-3,5,8H,4,6-7H2,1H3,(H2,15,19,20). The van der Waals surface area contributed by atoms with E-state index in [1.807, 2.05) is 0 Å². The Morgan fingerprint density at radius 3 is 2.73 bits per heavy atom. The molecule has 1 aromatic rings. The molecule has 0 aromatic heterocycles. The molecular formula is C13H15ClN2O5S. The fraction of sp³-hybridized carbons (Fsp3) is 0.385. The first-order valence-corrected chi connectivity index (χ1v) is 8.49. The van der Waals surface area contributed by atoms with Gasteiger partial charge in [0.25, 0.3) is 0 Å². The van der Waals surface area contributed by atoms with E-state index in [0.29, 0.717) is 5.69 Å². The van der Waals surface area contributed by atoms with Gasteiger partial charge in [0.05, 0.1) is 23.4 Å². The summed E-state index contributed by atoms with van der Waals surface area (Å²) in [5, 5.41) is 5.17. The second-order valence-corrected chi connectivity index (χ2v) is 7.13. The van der Waals surface area contributed by atoms with Crippen LogP contribution in [-0.2, 0) is 19.6 Å². The number of carbonyl (C=O) groups is 2. The van der Waals surface area contributed by atoms with Gasteiger partial charge in [-0.3, -0.25) is 4.79 Å². The lowest BCUT2D eigenvalue weighted by molar-refractivity contribution is -0.117. The summed E-state index contributed by atoms with van der Waals surface area (Å²) in [4.78, 5) is 24.9. The lowest BCUT2D eigenvalue weighted by atomic mass is 10.1. The lowest BCUT2D eigenvalue weighted by Gasteiger charge is -2.17. The van der Waals surface area contributed by atoms with E-state index in [2.05, 4.69) is 4.74 Å². The molecule has 1 heterocycles. The third-order valence-corrected chi connectivity index (χ3v) is 4.59. The fourth-order valence-corrected chi connectivity index (χ4v) is 3.55. The van der Waals surface area contributed by atoms with Crippen molar-refractivity contribution in [1.82, 2.24) is 0 Å². The van der Waals surface area contributed by atoms with Gasteiger partial charge in [-0.05, 0) is 18.2 Å². The maximum absolute atomic E-state index is 12.0. The highest BCUT2D eigenvalue weighted by Gasteiger charge is 2.33. The molecule has 2 N–H and O–H groups in total. The number of primary sulfonamides is 1. The normalized spacial score (nSPS) is 18.6. The number of methoxy groups -OCH3 is 1. The van der Waals surface area contributed by atoms with Crippen LogP contribution >= 0.6 is 11.6 Å². The van der Waals surface area contributed by atoms with Crippen LogP contribution in [0.2, 0.25) is 5.02 Å². The number of hydrogen-bond acceptors (Lipinski definition) is 5. The molecule has 1 aliphatic rings. The smallest absolute Gasteiger partial charge is 0.339 e. The van der Waals surface area contributed by atoms with E-state index in [4.69, 9.17) is 16.7 Å². The van der Waals surface area contributed by atoms with Gasteiger partial charge in [-0.15, -0.1) is 0 Å². The molecule has 1 saturated heterocycles. The van der Waals surface area contributed by atoms with Crippen molar-refractivity contribution in [2.45, 2.75) is 6.42 Å². The molecule has 0 aliphatic carbocycles. The zero-order valence-corrected chi connectivity index (χ0v) is 13.4. The molecular weight excluding hydrogens is 332 g/mol. The quantitative estimate of drug-likeness (QED) is 0.810. The van der Waals surface area contributed by atoms with Crippen molar-refractivity contribution in [2.75, 3.05) is 24.3 Å². The third-order valence-electron chi connectivity index (χ3n) is 3.34. The van der Waals surface area contributed by atoms with Crippen molar-refractivity contribution >= 4 is 39.2 Å². The Morgan fingerprint density at radius 1 is 1.50 bits per heavy atom. The van der Waals surface area contributed by atoms with Gasteiger partial charge < -0.3 is 9.64 Å². The summed E-state index contributed by atoms with van der Waals surface area (Å²) < 4.78 is 26.8. The van der Waals surface area contributed by atoms with Crippen LogP contribution in [-0.4, -0.2) is 39.7 Å². The Balaban J connectivity index is 2.20. The molecule has 9 heteroatoms. The maximum Gasteiger partial charge on any atom is 0.339 e. The first-order chi connectivity index (χ1) is 10.2. The number of halogens is 1. The third kappa shape index (κ3) is 3.76. The van der Waals surface area contributed by atoms with Gasteiger partial charge in [0.1, 0.15) is 0 Å². The van der Waals surface area contributed by atoms with E-state index in [9.17, 15) is 18.0 Å². The predicted molar refractivity (Wildman–Crippen MR) is 81.2 cm³/mol. The molecule has 2 rings (SSSR count). The number of nitrogens with two attached hydrogens (primary N) is 1. The first-order valence-electron chi connectivity index (χ1n) is 6.40. The topological polar surface area (TPSA) is 107 Å². The highest BCUT2D eigenvalue weighted by atomic mass is 35.5. The minimum atomic E-state index is -3.63. The highest BCUT2D eigenvalue weighted by molar-refractivity contribution is 7.89. The average molecular weight is 347 g/mol. The molecule has 1 unspecified atom stereocenters. The second kappa shape index (κ2) is 6.23. The van der Waals surface area contributed by atoms with Gasteiger partial charge in [0.2, 0.25) is 15.9 Å². The average Bonchev–Trinajstić information content (AvgIpc) is 2.76. The summed E-state index contributed by atoms with van der Waals surface area (Å²) in [7, 11) is -2.39. The van der Waals surface area contributed by atoms with Gasteiger partial charge in [-0.1, -0.05) is 11.6 Å². The highest BCUT2D eigenvalue weighted by Crippen LogP contribution is 2.29. The zero-order chi connectivity index (χ0) is 16.5. The van der Waals surface area contributed by atoms with Crippen LogP contribution in [0.3, 0.4) is 0 Å². The van der Waals surface area contributed by atoms with Crippen molar-refractivity contribution in [3.05, 3.63) is 28.8 Å². The van der Waals surface area contributed by atoms with E-state index in [-0.39, 0.29) is 41.1 Å². The fourth-order valence-electron chi connectivity index (χ4n) is 2.42. The van der Waals surface area contributed by atoms with Crippen molar-refractivity contribution in [3.8, 4) is 0 Å². The van der Waals surface area contributed by atoms with Gasteiger partial charge >= 0.3 is 5.97 Å². The number of hydrogen-bond donors (Lipinski definition) is 1. The van der Waals surface area contributed by atoms with Crippen LogP contribution in [0.15, 0.2) is 18.2 Å². The minimum absolute atomic E-state index is 0.104. The molecule has 0 radical (unpaired) electrons. The second-order valence-electron chi connectivity index (χ2n) is 5.06. The molecule has 1 atom stereocenters. The Hall–Kier alpha value is -1.64. The monoisotopic (exact) mass is 346 g/mol. The number of anilines is 1. The molecule has 120 valence electrons. The largest absolute Gasteiger partial charge is 0.465 e. The predicted octanol–water partition coefficient (Wildman–Crippen LogP) is 0.768. The Labute approximate surface area is 133 Å². The molecule has 22 heavy (non-hydrogen) atoms.